The molecule has 0 aromatic heterocycles. The van der Waals surface area contributed by atoms with E-state index in [2.05, 4.69) is 5.32 Å². The van der Waals surface area contributed by atoms with Crippen LogP contribution in [0.5, 0.6) is 0 Å². The lowest BCUT2D eigenvalue weighted by atomic mass is 10.2. The molecular weight excluding hydrogens is 272 g/mol. The summed E-state index contributed by atoms with van der Waals surface area (Å²) in [5.74, 6) is 1.18. The quantitative estimate of drug-likeness (QED) is 0.832. The second kappa shape index (κ2) is 5.69. The fraction of sp³-hybridized carbons (Fsp3) is 0.909. The predicted molar refractivity (Wildman–Crippen MR) is 73.7 cm³/mol. The molecule has 7 heteroatoms. The van der Waals surface area contributed by atoms with Crippen molar-refractivity contribution in [3.8, 4) is 0 Å². The Labute approximate surface area is 113 Å². The van der Waals surface area contributed by atoms with E-state index in [9.17, 15) is 13.2 Å². The number of likely N-dealkylation sites (tertiary alicyclic amines) is 1. The number of hydrogen-bond donors (Lipinski definition) is 1. The highest BCUT2D eigenvalue weighted by Crippen LogP contribution is 2.25. The van der Waals surface area contributed by atoms with Gasteiger partial charge in [-0.1, -0.05) is 0 Å². The van der Waals surface area contributed by atoms with Gasteiger partial charge in [0.15, 0.2) is 9.84 Å². The molecule has 0 aromatic rings. The van der Waals surface area contributed by atoms with E-state index in [0.717, 1.165) is 6.42 Å². The molecule has 2 saturated heterocycles. The minimum Gasteiger partial charge on any atom is -0.337 e. The molecule has 2 rings (SSSR count). The number of carbonyl (C=O) groups excluding carboxylic acids is 1. The van der Waals surface area contributed by atoms with E-state index in [1.807, 2.05) is 11.8 Å². The van der Waals surface area contributed by atoms with Gasteiger partial charge in [-0.15, -0.1) is 0 Å². The first-order valence-corrected chi connectivity index (χ1v) is 9.30. The summed E-state index contributed by atoms with van der Waals surface area (Å²) < 4.78 is 22.8. The maximum absolute atomic E-state index is 11.9. The van der Waals surface area contributed by atoms with E-state index in [1.165, 1.54) is 18.4 Å². The number of carbonyl (C=O) groups is 1. The summed E-state index contributed by atoms with van der Waals surface area (Å²) >= 11 is 1.90. The van der Waals surface area contributed by atoms with Crippen LogP contribution in [0.2, 0.25) is 0 Å². The molecule has 18 heavy (non-hydrogen) atoms. The fourth-order valence-electron chi connectivity index (χ4n) is 2.38. The van der Waals surface area contributed by atoms with Gasteiger partial charge < -0.3 is 10.2 Å². The first-order chi connectivity index (χ1) is 8.47. The summed E-state index contributed by atoms with van der Waals surface area (Å²) in [7, 11) is -3.03. The highest BCUT2D eigenvalue weighted by Gasteiger charge is 2.32. The van der Waals surface area contributed by atoms with Gasteiger partial charge in [0.25, 0.3) is 0 Å². The van der Waals surface area contributed by atoms with Crippen LogP contribution in [0.1, 0.15) is 19.3 Å². The standard InChI is InChI=1S/C11H20N2O3S2/c1-18(15,16)10-4-5-13(8-10)11(14)12-7-9-3-2-6-17-9/h9-10H,2-8H2,1H3,(H,12,14)/t9-,10+/m0/s1. The summed E-state index contributed by atoms with van der Waals surface area (Å²) in [6, 6.07) is -0.117. The van der Waals surface area contributed by atoms with Crippen LogP contribution in [-0.2, 0) is 9.84 Å². The number of rotatable bonds is 3. The zero-order valence-corrected chi connectivity index (χ0v) is 12.2. The third-order valence-electron chi connectivity index (χ3n) is 3.54. The molecule has 104 valence electrons. The zero-order chi connectivity index (χ0) is 13.2. The molecule has 0 spiro atoms. The second-order valence-electron chi connectivity index (χ2n) is 5.01. The molecule has 2 aliphatic heterocycles. The normalized spacial score (nSPS) is 28.6. The van der Waals surface area contributed by atoms with Gasteiger partial charge in [-0.25, -0.2) is 13.2 Å². The Bertz CT molecular complexity index is 405. The second-order valence-corrected chi connectivity index (χ2v) is 8.74. The van der Waals surface area contributed by atoms with Gasteiger partial charge in [0.05, 0.1) is 5.25 Å². The largest absolute Gasteiger partial charge is 0.337 e. The van der Waals surface area contributed by atoms with Crippen LogP contribution in [-0.4, -0.2) is 61.5 Å². The monoisotopic (exact) mass is 292 g/mol. The number of amides is 2. The fourth-order valence-corrected chi connectivity index (χ4v) is 4.57. The van der Waals surface area contributed by atoms with Crippen LogP contribution < -0.4 is 5.32 Å². The van der Waals surface area contributed by atoms with Crippen LogP contribution >= 0.6 is 11.8 Å². The van der Waals surface area contributed by atoms with Crippen LogP contribution in [0.15, 0.2) is 0 Å². The number of hydrogen-bond acceptors (Lipinski definition) is 4. The molecule has 0 saturated carbocycles. The molecule has 2 amide bonds. The van der Waals surface area contributed by atoms with Crippen LogP contribution in [0.25, 0.3) is 0 Å². The van der Waals surface area contributed by atoms with Crippen molar-refractivity contribution in [1.29, 1.82) is 0 Å². The first-order valence-electron chi connectivity index (χ1n) is 6.30. The Morgan fingerprint density at radius 3 is 2.78 bits per heavy atom. The van der Waals surface area contributed by atoms with Crippen molar-refractivity contribution in [2.24, 2.45) is 0 Å². The molecule has 5 nitrogen and oxygen atoms in total. The summed E-state index contributed by atoms with van der Waals surface area (Å²) in [5.41, 5.74) is 0. The average Bonchev–Trinajstić information content (AvgIpc) is 2.96. The first kappa shape index (κ1) is 14.0. The maximum Gasteiger partial charge on any atom is 0.317 e. The van der Waals surface area contributed by atoms with Crippen molar-refractivity contribution in [2.75, 3.05) is 31.6 Å². The summed E-state index contributed by atoms with van der Waals surface area (Å²) in [5, 5.41) is 3.05. The van der Waals surface area contributed by atoms with Crippen molar-refractivity contribution >= 4 is 27.6 Å². The van der Waals surface area contributed by atoms with Crippen molar-refractivity contribution in [1.82, 2.24) is 10.2 Å². The topological polar surface area (TPSA) is 66.5 Å². The number of thioether (sulfide) groups is 1. The van der Waals surface area contributed by atoms with Gasteiger partial charge in [-0.3, -0.25) is 0 Å². The van der Waals surface area contributed by atoms with Crippen molar-refractivity contribution < 1.29 is 13.2 Å². The van der Waals surface area contributed by atoms with E-state index >= 15 is 0 Å². The predicted octanol–water partition coefficient (Wildman–Crippen LogP) is 0.711. The lowest BCUT2D eigenvalue weighted by molar-refractivity contribution is 0.209. The van der Waals surface area contributed by atoms with E-state index in [-0.39, 0.29) is 11.3 Å². The molecule has 0 unspecified atom stereocenters. The molecule has 2 heterocycles. The van der Waals surface area contributed by atoms with E-state index < -0.39 is 9.84 Å². The maximum atomic E-state index is 11.9. The molecule has 0 aliphatic carbocycles. The minimum atomic E-state index is -3.03. The number of sulfone groups is 1. The molecular formula is C11H20N2O3S2. The highest BCUT2D eigenvalue weighted by atomic mass is 32.2. The summed E-state index contributed by atoms with van der Waals surface area (Å²) in [6.07, 6.45) is 4.20. The molecule has 1 N–H and O–H groups in total. The van der Waals surface area contributed by atoms with Crippen molar-refractivity contribution in [3.63, 3.8) is 0 Å². The Morgan fingerprint density at radius 1 is 1.44 bits per heavy atom. The summed E-state index contributed by atoms with van der Waals surface area (Å²) in [4.78, 5) is 13.5. The third-order valence-corrected chi connectivity index (χ3v) is 6.54. The van der Waals surface area contributed by atoms with E-state index in [4.69, 9.17) is 0 Å². The zero-order valence-electron chi connectivity index (χ0n) is 10.6. The Balaban J connectivity index is 1.76. The minimum absolute atomic E-state index is 0.117. The lowest BCUT2D eigenvalue weighted by Gasteiger charge is -2.18. The van der Waals surface area contributed by atoms with Crippen LogP contribution in [0, 0.1) is 0 Å². The Morgan fingerprint density at radius 2 is 2.22 bits per heavy atom. The molecule has 2 fully saturated rings. The molecule has 2 aliphatic rings. The van der Waals surface area contributed by atoms with E-state index in [1.54, 1.807) is 4.90 Å². The van der Waals surface area contributed by atoms with Gasteiger partial charge in [-0.2, -0.15) is 11.8 Å². The van der Waals surface area contributed by atoms with Crippen molar-refractivity contribution in [2.45, 2.75) is 29.8 Å². The molecule has 0 radical (unpaired) electrons. The van der Waals surface area contributed by atoms with Crippen LogP contribution in [0.3, 0.4) is 0 Å². The summed E-state index contributed by atoms with van der Waals surface area (Å²) in [6.45, 7) is 1.58. The molecule has 2 atom stereocenters. The van der Waals surface area contributed by atoms with Gasteiger partial charge in [0.1, 0.15) is 0 Å². The van der Waals surface area contributed by atoms with Crippen LogP contribution in [0.4, 0.5) is 4.79 Å². The van der Waals surface area contributed by atoms with Gasteiger partial charge in [0, 0.05) is 31.1 Å². The van der Waals surface area contributed by atoms with Gasteiger partial charge in [-0.05, 0) is 25.0 Å². The SMILES string of the molecule is CS(=O)(=O)[C@@H]1CCN(C(=O)NC[C@@H]2CCCS2)C1. The smallest absolute Gasteiger partial charge is 0.317 e. The number of nitrogens with one attached hydrogen (secondary N) is 1. The number of urea groups is 1. The average molecular weight is 292 g/mol. The third kappa shape index (κ3) is 3.54. The highest BCUT2D eigenvalue weighted by molar-refractivity contribution is 8.00. The van der Waals surface area contributed by atoms with Gasteiger partial charge >= 0.3 is 6.03 Å². The molecule has 0 bridgehead atoms. The van der Waals surface area contributed by atoms with E-state index in [0.29, 0.717) is 31.3 Å². The Kier molecular flexibility index (Phi) is 4.42. The molecule has 0 aromatic carbocycles. The lowest BCUT2D eigenvalue weighted by Crippen LogP contribution is -2.41. The Hall–Kier alpha value is -0.430. The van der Waals surface area contributed by atoms with Crippen molar-refractivity contribution in [3.05, 3.63) is 0 Å². The number of nitrogens with zero attached hydrogens (tertiary/aromatic N) is 1. The van der Waals surface area contributed by atoms with Gasteiger partial charge in [0.2, 0.25) is 0 Å².